The average Bonchev–Trinajstić information content (AvgIpc) is 1.16. The number of nitriles is 6. The van der Waals surface area contributed by atoms with Crippen LogP contribution in [0.3, 0.4) is 0 Å². The second kappa shape index (κ2) is 45.5. The number of hydrogen-bond acceptors (Lipinski definition) is 12. The van der Waals surface area contributed by atoms with Gasteiger partial charge in [-0.3, -0.25) is 0 Å². The number of benzene rings is 9. The summed E-state index contributed by atoms with van der Waals surface area (Å²) in [5, 5.41) is 79.7. The van der Waals surface area contributed by atoms with Crippen molar-refractivity contribution in [1.29, 1.82) is 31.6 Å². The Labute approximate surface area is 697 Å². The number of nitrogens with zero attached hydrogens (tertiary/aromatic N) is 12. The largest absolute Gasteiger partial charge is 0.488 e. The minimum absolute atomic E-state index is 0.408. The molecule has 2 N–H and O–H groups in total. The topological polar surface area (TPSA) is 245 Å². The second-order valence-electron chi connectivity index (χ2n) is 27.3. The Morgan fingerprint density at radius 2 is 0.676 bits per heavy atom. The summed E-state index contributed by atoms with van der Waals surface area (Å²) in [7, 11) is -1.34. The molecule has 0 saturated heterocycles. The van der Waals surface area contributed by atoms with Gasteiger partial charge in [0.2, 0.25) is 0 Å². The van der Waals surface area contributed by atoms with Gasteiger partial charge in [0.15, 0.2) is 0 Å². The number of aromatic nitrogens is 6. The molecule has 11 rings (SSSR count). The summed E-state index contributed by atoms with van der Waals surface area (Å²) in [5.74, 6) is 0. The van der Waals surface area contributed by atoms with E-state index in [9.17, 15) is 10.5 Å². The molecule has 22 heteroatoms. The van der Waals surface area contributed by atoms with Gasteiger partial charge in [-0.05, 0) is 269 Å². The first kappa shape index (κ1) is 91.9. The fourth-order valence-corrected chi connectivity index (χ4v) is 14.1. The van der Waals surface area contributed by atoms with Crippen LogP contribution in [0.1, 0.15) is 133 Å². The number of halogens is 7. The lowest BCUT2D eigenvalue weighted by molar-refractivity contribution is 0.426. The van der Waals surface area contributed by atoms with Crippen LogP contribution in [0.4, 0.5) is 0 Å². The fourth-order valence-electron chi connectivity index (χ4n) is 10.0. The smallest absolute Gasteiger partial charge is 0.423 e. The summed E-state index contributed by atoms with van der Waals surface area (Å²) >= 11 is 23.9. The number of alkyl halides is 1. The van der Waals surface area contributed by atoms with Gasteiger partial charge in [-0.1, -0.05) is 215 Å². The standard InChI is InChI=1S/C19H18N4.C13H13BrN4.C11H11Br2N.C11H12BrN.2C9H8BrN.C8H9Br.C6H7BO2/c1-19(2,12-20)18-9-15(11-23-14-21-13-22-23)8-17(10-18)16-6-4-3-5-7-16;1-13(2,7-15)11-3-10(4-12(14)5-11)6-18-9-16-8-17-18;1-11(2,7-14)9-3-8(6-12)4-10(13)5-9;1-8-4-9(6-10(12)5-8)11(2,3)7-13;2*1-7-4-8(2-3-11)6-9(10)5-7;1-6-3-7(2)5-8(9)4-6;8-7(9)6-4-2-1-3-5-6/h3-10,13-14H,11H2,1-2H3;3-5,8-9H,6H2,1-2H3;3-5H,6H2,1-2H3;4-6H,1-3H3;2*4-6H,2H2,1H3;3-5H,1-2H3;1-5,8-9H. The predicted molar refractivity (Wildman–Crippen MR) is 461 cm³/mol. The molecule has 108 heavy (non-hydrogen) atoms. The molecule has 14 nitrogen and oxygen atoms in total. The van der Waals surface area contributed by atoms with Crippen molar-refractivity contribution in [1.82, 2.24) is 29.5 Å². The minimum atomic E-state index is -1.34. The van der Waals surface area contributed by atoms with Crippen LogP contribution in [0.2, 0.25) is 0 Å². The second-order valence-corrected chi connectivity index (χ2v) is 33.4. The van der Waals surface area contributed by atoms with Gasteiger partial charge in [0.05, 0.1) is 84.0 Å². The Balaban J connectivity index is 0.000000266. The van der Waals surface area contributed by atoms with E-state index in [2.05, 4.69) is 237 Å². The highest BCUT2D eigenvalue weighted by atomic mass is 79.9. The molecule has 0 aliphatic heterocycles. The van der Waals surface area contributed by atoms with Gasteiger partial charge >= 0.3 is 7.12 Å². The Kier molecular flexibility index (Phi) is 38.7. The molecule has 0 atom stereocenters. The van der Waals surface area contributed by atoms with Gasteiger partial charge in [-0.2, -0.15) is 41.8 Å². The molecule has 2 heterocycles. The minimum Gasteiger partial charge on any atom is -0.423 e. The van der Waals surface area contributed by atoms with Crippen molar-refractivity contribution >= 4 is 124 Å². The summed E-state index contributed by atoms with van der Waals surface area (Å²) in [6.07, 6.45) is 7.39. The molecular formula is C86H86BBr7N12O2. The van der Waals surface area contributed by atoms with Crippen LogP contribution in [0.15, 0.2) is 240 Å². The van der Waals surface area contributed by atoms with E-state index in [1.54, 1.807) is 46.3 Å². The fraction of sp³-hybridized carbons (Fsp3) is 0.256. The maximum Gasteiger partial charge on any atom is 0.488 e. The third-order valence-electron chi connectivity index (χ3n) is 15.9. The highest BCUT2D eigenvalue weighted by molar-refractivity contribution is 9.11. The van der Waals surface area contributed by atoms with Gasteiger partial charge in [0.1, 0.15) is 25.3 Å². The van der Waals surface area contributed by atoms with Crippen molar-refractivity contribution in [3.05, 3.63) is 318 Å². The number of rotatable bonds is 13. The Hall–Kier alpha value is -8.46. The quantitative estimate of drug-likeness (QED) is 0.0808. The van der Waals surface area contributed by atoms with Crippen LogP contribution >= 0.6 is 112 Å². The SMILES string of the molecule is CC(C)(C#N)c1cc(Br)cc(CBr)c1.CC(C)(C#N)c1cc(Br)cc(Cn2cncn2)c1.CC(C)(C#N)c1cc(Cn2cncn2)cc(-c2ccccc2)c1.Cc1cc(Br)cc(C(C)(C)C#N)c1.Cc1cc(Br)cc(CC#N)c1.Cc1cc(Br)cc(CC#N)c1.Cc1cc(C)cc(Br)c1.OB(O)c1ccccc1. The van der Waals surface area contributed by atoms with Crippen molar-refractivity contribution in [2.45, 2.75) is 143 Å². The van der Waals surface area contributed by atoms with Crippen molar-refractivity contribution in [3.63, 3.8) is 0 Å². The van der Waals surface area contributed by atoms with Crippen LogP contribution in [-0.4, -0.2) is 46.7 Å². The summed E-state index contributed by atoms with van der Waals surface area (Å²) in [6, 6.07) is 75.4. The first-order valence-corrected chi connectivity index (χ1v) is 39.7. The van der Waals surface area contributed by atoms with E-state index in [1.165, 1.54) is 50.5 Å². The monoisotopic (exact) mass is 1880 g/mol. The third kappa shape index (κ3) is 33.2. The van der Waals surface area contributed by atoms with E-state index in [4.69, 9.17) is 31.1 Å². The summed E-state index contributed by atoms with van der Waals surface area (Å²) < 4.78 is 9.82. The summed E-state index contributed by atoms with van der Waals surface area (Å²) in [6.45, 7) is 26.9. The van der Waals surface area contributed by atoms with Crippen LogP contribution in [-0.2, 0) is 52.9 Å². The molecule has 2 aromatic heterocycles. The predicted octanol–water partition coefficient (Wildman–Crippen LogP) is 22.5. The van der Waals surface area contributed by atoms with Gasteiger partial charge in [0.25, 0.3) is 0 Å². The molecule has 554 valence electrons. The zero-order chi connectivity index (χ0) is 80.4. The molecule has 0 fully saturated rings. The molecule has 0 unspecified atom stereocenters. The van der Waals surface area contributed by atoms with Crippen molar-refractivity contribution in [2.75, 3.05) is 0 Å². The molecule has 0 bridgehead atoms. The Morgan fingerprint density at radius 1 is 0.361 bits per heavy atom. The van der Waals surface area contributed by atoms with Crippen LogP contribution in [0, 0.1) is 103 Å². The Morgan fingerprint density at radius 3 is 1.01 bits per heavy atom. The van der Waals surface area contributed by atoms with E-state index >= 15 is 0 Å². The highest BCUT2D eigenvalue weighted by Crippen LogP contribution is 2.32. The van der Waals surface area contributed by atoms with Crippen LogP contribution in [0.5, 0.6) is 0 Å². The highest BCUT2D eigenvalue weighted by Gasteiger charge is 2.24. The molecule has 0 aliphatic carbocycles. The van der Waals surface area contributed by atoms with Crippen molar-refractivity contribution < 1.29 is 10.0 Å². The van der Waals surface area contributed by atoms with Gasteiger partial charge in [0, 0.05) is 32.2 Å². The van der Waals surface area contributed by atoms with Gasteiger partial charge in [-0.15, -0.1) is 0 Å². The maximum absolute atomic E-state index is 9.48. The van der Waals surface area contributed by atoms with Gasteiger partial charge in [-0.25, -0.2) is 19.3 Å². The lowest BCUT2D eigenvalue weighted by Gasteiger charge is -2.19. The zero-order valence-electron chi connectivity index (χ0n) is 62.7. The number of hydrogen-bond donors (Lipinski definition) is 2. The first-order chi connectivity index (χ1) is 51.0. The van der Waals surface area contributed by atoms with E-state index in [-0.39, 0.29) is 0 Å². The van der Waals surface area contributed by atoms with Gasteiger partial charge < -0.3 is 10.0 Å². The lowest BCUT2D eigenvalue weighted by Crippen LogP contribution is -2.29. The third-order valence-corrected chi connectivity index (χ3v) is 19.3. The molecular weight excluding hydrogens is 1800 g/mol. The normalized spacial score (nSPS) is 10.4. The number of aryl methyl sites for hydroxylation is 5. The summed E-state index contributed by atoms with van der Waals surface area (Å²) in [4.78, 5) is 7.90. The molecule has 9 aromatic carbocycles. The maximum atomic E-state index is 9.48. The van der Waals surface area contributed by atoms with Crippen molar-refractivity contribution in [2.24, 2.45) is 0 Å². The van der Waals surface area contributed by atoms with Crippen LogP contribution in [0.25, 0.3) is 11.1 Å². The average molecular weight is 1890 g/mol. The zero-order valence-corrected chi connectivity index (χ0v) is 73.8. The molecule has 0 spiro atoms. The molecule has 0 aliphatic rings. The van der Waals surface area contributed by atoms with E-state index in [0.29, 0.717) is 31.4 Å². The van der Waals surface area contributed by atoms with E-state index < -0.39 is 28.8 Å². The Bertz CT molecular complexity index is 4780. The van der Waals surface area contributed by atoms with Crippen LogP contribution < -0.4 is 5.46 Å². The molecule has 0 amide bonds. The molecule has 0 saturated carbocycles. The van der Waals surface area contributed by atoms with E-state index in [0.717, 1.165) is 83.3 Å². The lowest BCUT2D eigenvalue weighted by atomic mass is 9.81. The molecule has 11 aromatic rings. The van der Waals surface area contributed by atoms with E-state index in [1.807, 2.05) is 185 Å². The van der Waals surface area contributed by atoms with Crippen molar-refractivity contribution in [3.8, 4) is 47.5 Å². The molecule has 0 radical (unpaired) electrons. The summed E-state index contributed by atoms with van der Waals surface area (Å²) in [5.41, 5.74) is 16.7. The first-order valence-electron chi connectivity index (χ1n) is 33.8.